The van der Waals surface area contributed by atoms with E-state index in [1.54, 1.807) is 10.9 Å². The molecule has 0 bridgehead atoms. The molecule has 0 saturated heterocycles. The fourth-order valence-corrected chi connectivity index (χ4v) is 3.12. The van der Waals surface area contributed by atoms with Crippen molar-refractivity contribution >= 4 is 11.7 Å². The molecular formula is C20H23N5O3. The molecule has 0 radical (unpaired) electrons. The number of ether oxygens (including phenoxy) is 2. The Morgan fingerprint density at radius 3 is 2.89 bits per heavy atom. The highest BCUT2D eigenvalue weighted by molar-refractivity contribution is 5.89. The van der Waals surface area contributed by atoms with Gasteiger partial charge in [0.1, 0.15) is 12.4 Å². The molecule has 3 aromatic rings. The molecule has 0 unspecified atom stereocenters. The molecule has 0 spiro atoms. The van der Waals surface area contributed by atoms with Crippen LogP contribution in [-0.2, 0) is 11.3 Å². The van der Waals surface area contributed by atoms with Gasteiger partial charge in [-0.2, -0.15) is 10.2 Å². The molecule has 3 heterocycles. The number of benzene rings is 1. The van der Waals surface area contributed by atoms with Crippen LogP contribution in [0.1, 0.15) is 32.0 Å². The molecule has 0 aliphatic carbocycles. The molecule has 2 aromatic heterocycles. The minimum Gasteiger partial charge on any atom is -0.454 e. The van der Waals surface area contributed by atoms with Gasteiger partial charge in [-0.3, -0.25) is 9.48 Å². The summed E-state index contributed by atoms with van der Waals surface area (Å²) < 4.78 is 14.2. The van der Waals surface area contributed by atoms with Gasteiger partial charge in [0.25, 0.3) is 0 Å². The van der Waals surface area contributed by atoms with E-state index in [1.165, 1.54) is 0 Å². The summed E-state index contributed by atoms with van der Waals surface area (Å²) in [5.41, 5.74) is 2.74. The molecule has 1 aliphatic rings. The summed E-state index contributed by atoms with van der Waals surface area (Å²) in [5.74, 6) is 2.02. The summed E-state index contributed by atoms with van der Waals surface area (Å²) in [4.78, 5) is 12.5. The average molecular weight is 381 g/mol. The van der Waals surface area contributed by atoms with Gasteiger partial charge in [-0.15, -0.1) is 0 Å². The van der Waals surface area contributed by atoms with Gasteiger partial charge in [0.05, 0.1) is 17.9 Å². The summed E-state index contributed by atoms with van der Waals surface area (Å²) >= 11 is 0. The van der Waals surface area contributed by atoms with Crippen LogP contribution in [0.2, 0.25) is 0 Å². The average Bonchev–Trinajstić information content (AvgIpc) is 3.40. The molecule has 1 atom stereocenters. The Morgan fingerprint density at radius 1 is 1.25 bits per heavy atom. The second kappa shape index (κ2) is 7.38. The first kappa shape index (κ1) is 18.1. The van der Waals surface area contributed by atoms with E-state index in [2.05, 4.69) is 29.4 Å². The minimum absolute atomic E-state index is 0.120. The zero-order valence-electron chi connectivity index (χ0n) is 16.2. The molecule has 1 amide bonds. The fraction of sp³-hybridized carbons (Fsp3) is 0.350. The molecule has 146 valence electrons. The Kier molecular flexibility index (Phi) is 4.77. The SMILES string of the molecule is CC[C@@H](C)n1nc(C)cc1NC(=O)Cn1cc(-c2ccc3c(c2)OCO3)cn1. The molecule has 1 aliphatic heterocycles. The number of anilines is 1. The lowest BCUT2D eigenvalue weighted by molar-refractivity contribution is -0.117. The smallest absolute Gasteiger partial charge is 0.247 e. The number of hydrogen-bond acceptors (Lipinski definition) is 5. The van der Waals surface area contributed by atoms with E-state index >= 15 is 0 Å². The third-order valence-corrected chi connectivity index (χ3v) is 4.78. The quantitative estimate of drug-likeness (QED) is 0.708. The lowest BCUT2D eigenvalue weighted by Crippen LogP contribution is -2.22. The summed E-state index contributed by atoms with van der Waals surface area (Å²) in [6, 6.07) is 7.83. The number of nitrogens with one attached hydrogen (secondary N) is 1. The highest BCUT2D eigenvalue weighted by Gasteiger charge is 2.16. The molecule has 1 N–H and O–H groups in total. The van der Waals surface area contributed by atoms with Crippen LogP contribution in [0, 0.1) is 6.92 Å². The summed E-state index contributed by atoms with van der Waals surface area (Å²) in [6.45, 7) is 6.45. The Balaban J connectivity index is 1.45. The van der Waals surface area contributed by atoms with Gasteiger partial charge in [-0.05, 0) is 38.0 Å². The monoisotopic (exact) mass is 381 g/mol. The molecule has 1 aromatic carbocycles. The number of aromatic nitrogens is 4. The zero-order valence-corrected chi connectivity index (χ0v) is 16.2. The lowest BCUT2D eigenvalue weighted by Gasteiger charge is -2.14. The molecule has 0 fully saturated rings. The van der Waals surface area contributed by atoms with Gasteiger partial charge in [0.15, 0.2) is 11.5 Å². The van der Waals surface area contributed by atoms with Crippen molar-refractivity contribution in [2.45, 2.75) is 39.8 Å². The van der Waals surface area contributed by atoms with E-state index in [0.717, 1.165) is 34.7 Å². The summed E-state index contributed by atoms with van der Waals surface area (Å²) in [6.07, 6.45) is 4.51. The molecule has 28 heavy (non-hydrogen) atoms. The van der Waals surface area contributed by atoms with Crippen molar-refractivity contribution in [2.24, 2.45) is 0 Å². The van der Waals surface area contributed by atoms with Crippen molar-refractivity contribution in [1.82, 2.24) is 19.6 Å². The van der Waals surface area contributed by atoms with Gasteiger partial charge < -0.3 is 14.8 Å². The molecule has 4 rings (SSSR count). The Hall–Kier alpha value is -3.29. The first-order valence-electron chi connectivity index (χ1n) is 9.32. The Bertz CT molecular complexity index is 1010. The number of carbonyl (C=O) groups is 1. The van der Waals surface area contributed by atoms with Crippen molar-refractivity contribution < 1.29 is 14.3 Å². The van der Waals surface area contributed by atoms with Crippen LogP contribution in [0.4, 0.5) is 5.82 Å². The first-order chi connectivity index (χ1) is 13.5. The maximum atomic E-state index is 12.5. The van der Waals surface area contributed by atoms with E-state index in [9.17, 15) is 4.79 Å². The fourth-order valence-electron chi connectivity index (χ4n) is 3.12. The highest BCUT2D eigenvalue weighted by atomic mass is 16.7. The van der Waals surface area contributed by atoms with E-state index in [-0.39, 0.29) is 25.3 Å². The van der Waals surface area contributed by atoms with Gasteiger partial charge in [-0.25, -0.2) is 4.68 Å². The zero-order chi connectivity index (χ0) is 19.7. The van der Waals surface area contributed by atoms with Crippen LogP contribution < -0.4 is 14.8 Å². The third kappa shape index (κ3) is 3.58. The van der Waals surface area contributed by atoms with Crippen molar-refractivity contribution in [2.75, 3.05) is 12.1 Å². The third-order valence-electron chi connectivity index (χ3n) is 4.78. The largest absolute Gasteiger partial charge is 0.454 e. The van der Waals surface area contributed by atoms with E-state index in [4.69, 9.17) is 9.47 Å². The highest BCUT2D eigenvalue weighted by Crippen LogP contribution is 2.35. The van der Waals surface area contributed by atoms with E-state index in [0.29, 0.717) is 5.82 Å². The minimum atomic E-state index is -0.148. The van der Waals surface area contributed by atoms with Gasteiger partial charge in [-0.1, -0.05) is 13.0 Å². The predicted octanol–water partition coefficient (Wildman–Crippen LogP) is 3.39. The number of amides is 1. The number of aryl methyl sites for hydroxylation is 1. The van der Waals surface area contributed by atoms with Gasteiger partial charge in [0, 0.05) is 17.8 Å². The molecular weight excluding hydrogens is 358 g/mol. The lowest BCUT2D eigenvalue weighted by atomic mass is 10.1. The maximum Gasteiger partial charge on any atom is 0.247 e. The number of fused-ring (bicyclic) bond motifs is 1. The van der Waals surface area contributed by atoms with Gasteiger partial charge >= 0.3 is 0 Å². The van der Waals surface area contributed by atoms with Crippen LogP contribution >= 0.6 is 0 Å². The molecule has 0 saturated carbocycles. The van der Waals surface area contributed by atoms with Crippen molar-refractivity contribution in [3.8, 4) is 22.6 Å². The van der Waals surface area contributed by atoms with Crippen LogP contribution in [0.5, 0.6) is 11.5 Å². The molecule has 8 nitrogen and oxygen atoms in total. The normalized spacial score (nSPS) is 13.5. The second-order valence-electron chi connectivity index (χ2n) is 6.92. The maximum absolute atomic E-state index is 12.5. The van der Waals surface area contributed by atoms with Crippen molar-refractivity contribution in [3.05, 3.63) is 42.4 Å². The van der Waals surface area contributed by atoms with E-state index < -0.39 is 0 Å². The van der Waals surface area contributed by atoms with Crippen LogP contribution in [0.3, 0.4) is 0 Å². The number of nitrogens with zero attached hydrogens (tertiary/aromatic N) is 4. The van der Waals surface area contributed by atoms with Crippen LogP contribution in [-0.4, -0.2) is 32.3 Å². The Morgan fingerprint density at radius 2 is 2.07 bits per heavy atom. The van der Waals surface area contributed by atoms with Gasteiger partial charge in [0.2, 0.25) is 12.7 Å². The number of hydrogen-bond donors (Lipinski definition) is 1. The summed E-state index contributed by atoms with van der Waals surface area (Å²) in [7, 11) is 0. The van der Waals surface area contributed by atoms with Crippen LogP contribution in [0.25, 0.3) is 11.1 Å². The van der Waals surface area contributed by atoms with Crippen molar-refractivity contribution in [1.29, 1.82) is 0 Å². The van der Waals surface area contributed by atoms with Crippen LogP contribution in [0.15, 0.2) is 36.7 Å². The first-order valence-corrected chi connectivity index (χ1v) is 9.32. The Labute approximate surface area is 163 Å². The number of rotatable bonds is 6. The van der Waals surface area contributed by atoms with Crippen molar-refractivity contribution in [3.63, 3.8) is 0 Å². The standard InChI is InChI=1S/C20H23N5O3/c1-4-14(3)25-19(7-13(2)23-25)22-20(26)11-24-10-16(9-21-24)15-5-6-17-18(8-15)28-12-27-17/h5-10,14H,4,11-12H2,1-3H3,(H,22,26)/t14-/m1/s1. The van der Waals surface area contributed by atoms with E-state index in [1.807, 2.05) is 42.1 Å². The topological polar surface area (TPSA) is 83.2 Å². The predicted molar refractivity (Wildman–Crippen MR) is 104 cm³/mol. The molecule has 8 heteroatoms. The summed E-state index contributed by atoms with van der Waals surface area (Å²) in [5, 5.41) is 11.7. The number of carbonyl (C=O) groups excluding carboxylic acids is 1. The second-order valence-corrected chi connectivity index (χ2v) is 6.92.